The Kier molecular flexibility index (Phi) is 5.99. The highest BCUT2D eigenvalue weighted by atomic mass is 35.5. The lowest BCUT2D eigenvalue weighted by Crippen LogP contribution is -2.49. The molecule has 0 spiro atoms. The first kappa shape index (κ1) is 19.9. The van der Waals surface area contributed by atoms with Gasteiger partial charge in [0.2, 0.25) is 5.91 Å². The first-order chi connectivity index (χ1) is 13.4. The summed E-state index contributed by atoms with van der Waals surface area (Å²) < 4.78 is 1.95. The van der Waals surface area contributed by atoms with E-state index >= 15 is 0 Å². The molecule has 1 heterocycles. The Labute approximate surface area is 168 Å². The molecule has 1 unspecified atom stereocenters. The SMILES string of the molecule is CC(C)C(NC(=O)c1ccc(Cl)cc1)C(=O)NCc1nc2ccccc2n1C. The van der Waals surface area contributed by atoms with Crippen molar-refractivity contribution in [1.82, 2.24) is 20.2 Å². The summed E-state index contributed by atoms with van der Waals surface area (Å²) in [5.74, 6) is 0.121. The van der Waals surface area contributed by atoms with Crippen molar-refractivity contribution in [2.24, 2.45) is 13.0 Å². The minimum atomic E-state index is -0.655. The fourth-order valence-corrected chi connectivity index (χ4v) is 3.12. The second-order valence-electron chi connectivity index (χ2n) is 7.00. The number of nitrogens with zero attached hydrogens (tertiary/aromatic N) is 2. The normalized spacial score (nSPS) is 12.2. The molecule has 6 nitrogen and oxygen atoms in total. The Balaban J connectivity index is 1.68. The molecule has 0 aliphatic heterocycles. The van der Waals surface area contributed by atoms with Gasteiger partial charge >= 0.3 is 0 Å². The van der Waals surface area contributed by atoms with Crippen molar-refractivity contribution in [1.29, 1.82) is 0 Å². The number of hydrogen-bond acceptors (Lipinski definition) is 3. The highest BCUT2D eigenvalue weighted by Gasteiger charge is 2.25. The summed E-state index contributed by atoms with van der Waals surface area (Å²) in [6, 6.07) is 13.7. The van der Waals surface area contributed by atoms with Crippen LogP contribution in [0.25, 0.3) is 11.0 Å². The molecule has 7 heteroatoms. The molecule has 28 heavy (non-hydrogen) atoms. The van der Waals surface area contributed by atoms with Gasteiger partial charge < -0.3 is 15.2 Å². The fraction of sp³-hybridized carbons (Fsp3) is 0.286. The number of aromatic nitrogens is 2. The minimum absolute atomic E-state index is 0.0725. The minimum Gasteiger partial charge on any atom is -0.347 e. The van der Waals surface area contributed by atoms with E-state index in [9.17, 15) is 9.59 Å². The van der Waals surface area contributed by atoms with Crippen LogP contribution in [0.2, 0.25) is 5.02 Å². The van der Waals surface area contributed by atoms with Gasteiger partial charge in [0.25, 0.3) is 5.91 Å². The Hall–Kier alpha value is -2.86. The van der Waals surface area contributed by atoms with E-state index < -0.39 is 6.04 Å². The van der Waals surface area contributed by atoms with Gasteiger partial charge in [-0.1, -0.05) is 37.6 Å². The van der Waals surface area contributed by atoms with Crippen LogP contribution in [0.3, 0.4) is 0 Å². The number of rotatable bonds is 6. The van der Waals surface area contributed by atoms with Crippen molar-refractivity contribution in [3.05, 3.63) is 64.9 Å². The fourth-order valence-electron chi connectivity index (χ4n) is 2.99. The highest BCUT2D eigenvalue weighted by Crippen LogP contribution is 2.14. The number of amides is 2. The largest absolute Gasteiger partial charge is 0.347 e. The van der Waals surface area contributed by atoms with Crippen molar-refractivity contribution in [3.63, 3.8) is 0 Å². The van der Waals surface area contributed by atoms with E-state index in [4.69, 9.17) is 11.6 Å². The maximum atomic E-state index is 12.7. The van der Waals surface area contributed by atoms with Gasteiger partial charge in [-0.05, 0) is 42.3 Å². The lowest BCUT2D eigenvalue weighted by Gasteiger charge is -2.21. The lowest BCUT2D eigenvalue weighted by molar-refractivity contribution is -0.124. The number of imidazole rings is 1. The van der Waals surface area contributed by atoms with Gasteiger partial charge in [0, 0.05) is 17.6 Å². The number of carbonyl (C=O) groups excluding carboxylic acids is 2. The van der Waals surface area contributed by atoms with Crippen LogP contribution in [0.4, 0.5) is 0 Å². The van der Waals surface area contributed by atoms with Gasteiger partial charge in [0.1, 0.15) is 11.9 Å². The molecule has 3 aromatic rings. The van der Waals surface area contributed by atoms with Gasteiger partial charge in [-0.25, -0.2) is 4.98 Å². The molecule has 0 aliphatic carbocycles. The Bertz CT molecular complexity index is 995. The summed E-state index contributed by atoms with van der Waals surface area (Å²) in [7, 11) is 1.92. The number of nitrogens with one attached hydrogen (secondary N) is 2. The monoisotopic (exact) mass is 398 g/mol. The predicted molar refractivity (Wildman–Crippen MR) is 110 cm³/mol. The number of hydrogen-bond donors (Lipinski definition) is 2. The predicted octanol–water partition coefficient (Wildman–Crippen LogP) is 3.30. The van der Waals surface area contributed by atoms with Crippen molar-refractivity contribution >= 4 is 34.4 Å². The third-order valence-electron chi connectivity index (χ3n) is 4.64. The number of halogens is 1. The van der Waals surface area contributed by atoms with Gasteiger partial charge in [-0.15, -0.1) is 0 Å². The van der Waals surface area contributed by atoms with Crippen LogP contribution in [0, 0.1) is 5.92 Å². The van der Waals surface area contributed by atoms with Crippen LogP contribution in [-0.4, -0.2) is 27.4 Å². The molecular formula is C21H23ClN4O2. The summed E-state index contributed by atoms with van der Waals surface area (Å²) in [5, 5.41) is 6.25. The quantitative estimate of drug-likeness (QED) is 0.668. The maximum absolute atomic E-state index is 12.7. The summed E-state index contributed by atoms with van der Waals surface area (Å²) in [6.45, 7) is 4.06. The number of carbonyl (C=O) groups is 2. The first-order valence-corrected chi connectivity index (χ1v) is 9.49. The van der Waals surface area contributed by atoms with E-state index in [1.807, 2.05) is 49.7 Å². The van der Waals surface area contributed by atoms with E-state index in [0.29, 0.717) is 10.6 Å². The van der Waals surface area contributed by atoms with Crippen LogP contribution < -0.4 is 10.6 Å². The maximum Gasteiger partial charge on any atom is 0.251 e. The topological polar surface area (TPSA) is 76.0 Å². The molecule has 0 saturated carbocycles. The number of fused-ring (bicyclic) bond motifs is 1. The molecule has 0 bridgehead atoms. The standard InChI is InChI=1S/C21H23ClN4O2/c1-13(2)19(25-20(27)14-8-10-15(22)11-9-14)21(28)23-12-18-24-16-6-4-5-7-17(16)26(18)3/h4-11,13,19H,12H2,1-3H3,(H,23,28)(H,25,27). The van der Waals surface area contributed by atoms with E-state index in [-0.39, 0.29) is 24.3 Å². The van der Waals surface area contributed by atoms with Crippen molar-refractivity contribution in [3.8, 4) is 0 Å². The molecule has 0 aliphatic rings. The molecule has 3 rings (SSSR count). The van der Waals surface area contributed by atoms with E-state index in [1.54, 1.807) is 24.3 Å². The molecule has 146 valence electrons. The third kappa shape index (κ3) is 4.34. The summed E-state index contributed by atoms with van der Waals surface area (Å²) >= 11 is 5.86. The van der Waals surface area contributed by atoms with E-state index in [2.05, 4.69) is 15.6 Å². The summed E-state index contributed by atoms with van der Waals surface area (Å²) in [5.41, 5.74) is 2.34. The van der Waals surface area contributed by atoms with Gasteiger partial charge in [0.05, 0.1) is 17.6 Å². The Morgan fingerprint density at radius 1 is 1.11 bits per heavy atom. The number of para-hydroxylation sites is 2. The van der Waals surface area contributed by atoms with Crippen molar-refractivity contribution in [2.75, 3.05) is 0 Å². The van der Waals surface area contributed by atoms with Crippen LogP contribution in [0.5, 0.6) is 0 Å². The number of aryl methyl sites for hydroxylation is 1. The van der Waals surface area contributed by atoms with Gasteiger partial charge in [0.15, 0.2) is 0 Å². The molecule has 0 fully saturated rings. The van der Waals surface area contributed by atoms with Gasteiger partial charge in [-0.2, -0.15) is 0 Å². The Morgan fingerprint density at radius 3 is 2.43 bits per heavy atom. The molecule has 2 amide bonds. The summed E-state index contributed by atoms with van der Waals surface area (Å²) in [4.78, 5) is 29.7. The second-order valence-corrected chi connectivity index (χ2v) is 7.43. The highest BCUT2D eigenvalue weighted by molar-refractivity contribution is 6.30. The van der Waals surface area contributed by atoms with Gasteiger partial charge in [-0.3, -0.25) is 9.59 Å². The van der Waals surface area contributed by atoms with Crippen LogP contribution in [-0.2, 0) is 18.4 Å². The molecule has 2 aromatic carbocycles. The zero-order valence-electron chi connectivity index (χ0n) is 16.1. The number of benzene rings is 2. The van der Waals surface area contributed by atoms with Crippen molar-refractivity contribution in [2.45, 2.75) is 26.4 Å². The molecule has 0 saturated heterocycles. The van der Waals surface area contributed by atoms with E-state index in [1.165, 1.54) is 0 Å². The average Bonchev–Trinajstić information content (AvgIpc) is 3.00. The molecule has 1 aromatic heterocycles. The first-order valence-electron chi connectivity index (χ1n) is 9.11. The van der Waals surface area contributed by atoms with Crippen molar-refractivity contribution < 1.29 is 9.59 Å². The average molecular weight is 399 g/mol. The van der Waals surface area contributed by atoms with Crippen LogP contribution >= 0.6 is 11.6 Å². The molecular weight excluding hydrogens is 376 g/mol. The molecule has 1 atom stereocenters. The molecule has 0 radical (unpaired) electrons. The molecule has 2 N–H and O–H groups in total. The van der Waals surface area contributed by atoms with Crippen LogP contribution in [0.15, 0.2) is 48.5 Å². The lowest BCUT2D eigenvalue weighted by atomic mass is 10.0. The smallest absolute Gasteiger partial charge is 0.251 e. The third-order valence-corrected chi connectivity index (χ3v) is 4.89. The summed E-state index contributed by atoms with van der Waals surface area (Å²) in [6.07, 6.45) is 0. The zero-order chi connectivity index (χ0) is 20.3. The Morgan fingerprint density at radius 2 is 1.79 bits per heavy atom. The zero-order valence-corrected chi connectivity index (χ0v) is 16.8. The van der Waals surface area contributed by atoms with Crippen LogP contribution in [0.1, 0.15) is 30.0 Å². The van der Waals surface area contributed by atoms with E-state index in [0.717, 1.165) is 16.9 Å². The second kappa shape index (κ2) is 8.44.